The van der Waals surface area contributed by atoms with E-state index in [0.29, 0.717) is 0 Å². The van der Waals surface area contributed by atoms with E-state index in [1.165, 1.54) is 21.5 Å². The molecule has 5 aromatic heterocycles. The van der Waals surface area contributed by atoms with Crippen LogP contribution in [-0.2, 0) is 0 Å². The predicted octanol–water partition coefficient (Wildman–Crippen LogP) is 18.9. The van der Waals surface area contributed by atoms with Gasteiger partial charge >= 0.3 is 0 Å². The zero-order valence-corrected chi connectivity index (χ0v) is 43.7. The molecule has 0 N–H and O–H groups in total. The Bertz CT molecular complexity index is 4620. The number of fused-ring (bicyclic) bond motifs is 6. The first kappa shape index (κ1) is 46.7. The molecule has 0 aliphatic carbocycles. The highest BCUT2D eigenvalue weighted by atomic mass is 15.0. The highest BCUT2D eigenvalue weighted by molar-refractivity contribution is 6.13. The third-order valence-electron chi connectivity index (χ3n) is 15.7. The molecule has 6 heterocycles. The maximum Gasteiger partial charge on any atom is 0.0702 e. The van der Waals surface area contributed by atoms with Crippen molar-refractivity contribution in [3.63, 3.8) is 0 Å². The number of benzene rings is 9. The van der Waals surface area contributed by atoms with Crippen LogP contribution in [0.2, 0.25) is 0 Å². The number of rotatable bonds is 10. The molecule has 0 fully saturated rings. The van der Waals surface area contributed by atoms with E-state index in [1.807, 2.05) is 61.2 Å². The minimum Gasteiger partial charge on any atom is -0.309 e. The van der Waals surface area contributed by atoms with E-state index in [0.717, 1.165) is 136 Å². The fourth-order valence-electron chi connectivity index (χ4n) is 11.8. The Labute approximate surface area is 463 Å². The van der Waals surface area contributed by atoms with Gasteiger partial charge in [-0.05, 0) is 185 Å². The molecule has 0 atom stereocenters. The molecule has 0 amide bonds. The standard InChI is InChI=1S/C74H50N6/c1-5-36-75-67(24-1)57-18-9-14-49(40-57)53-28-32-71-63(44-53)64-45-54(50-15-10-19-58(41-50)68-25-2-6-37-76-68)29-33-72(64)79(71)61-22-13-23-62(48-61)80-73-34-30-55(51-16-11-20-59(42-51)69-26-3-7-38-77-69)46-65(73)66-47-56(31-35-74(66)80)52-17-12-21-60(43-52)70-27-4-8-39-78-70/h1-3,5-7,9-48H,4,8H2. The van der Waals surface area contributed by atoms with Gasteiger partial charge in [0.15, 0.2) is 0 Å². The van der Waals surface area contributed by atoms with Crippen LogP contribution < -0.4 is 0 Å². The zero-order valence-electron chi connectivity index (χ0n) is 43.7. The van der Waals surface area contributed by atoms with Crippen molar-refractivity contribution < 1.29 is 0 Å². The average Bonchev–Trinajstić information content (AvgIpc) is 4.25. The van der Waals surface area contributed by atoms with Gasteiger partial charge in [0, 0.05) is 80.0 Å². The molecule has 9 aromatic carbocycles. The smallest absolute Gasteiger partial charge is 0.0702 e. The van der Waals surface area contributed by atoms with E-state index < -0.39 is 0 Å². The lowest BCUT2D eigenvalue weighted by Gasteiger charge is -2.14. The molecule has 80 heavy (non-hydrogen) atoms. The van der Waals surface area contributed by atoms with Crippen LogP contribution in [0.1, 0.15) is 18.4 Å². The Morgan fingerprint density at radius 3 is 0.950 bits per heavy atom. The summed E-state index contributed by atoms with van der Waals surface area (Å²) in [4.78, 5) is 18.8. The van der Waals surface area contributed by atoms with Gasteiger partial charge in [0.05, 0.1) is 44.8 Å². The van der Waals surface area contributed by atoms with E-state index in [-0.39, 0.29) is 0 Å². The molecule has 376 valence electrons. The monoisotopic (exact) mass is 1020 g/mol. The van der Waals surface area contributed by atoms with Gasteiger partial charge in [0.1, 0.15) is 0 Å². The summed E-state index contributed by atoms with van der Waals surface area (Å²) in [7, 11) is 0. The van der Waals surface area contributed by atoms with E-state index in [4.69, 9.17) is 4.99 Å². The largest absolute Gasteiger partial charge is 0.309 e. The topological polar surface area (TPSA) is 60.9 Å². The maximum absolute atomic E-state index is 4.77. The number of pyridine rings is 3. The van der Waals surface area contributed by atoms with Crippen LogP contribution in [0, 0.1) is 0 Å². The Hall–Kier alpha value is -10.6. The third-order valence-corrected chi connectivity index (χ3v) is 15.7. The van der Waals surface area contributed by atoms with Crippen molar-refractivity contribution >= 4 is 55.5 Å². The Morgan fingerprint density at radius 2 is 0.600 bits per heavy atom. The molecule has 0 spiro atoms. The van der Waals surface area contributed by atoms with Gasteiger partial charge in [0.2, 0.25) is 0 Å². The molecule has 14 aromatic rings. The van der Waals surface area contributed by atoms with Gasteiger partial charge in [-0.15, -0.1) is 0 Å². The fraction of sp³-hybridized carbons (Fsp3) is 0.0270. The normalized spacial score (nSPS) is 12.4. The van der Waals surface area contributed by atoms with Gasteiger partial charge < -0.3 is 9.13 Å². The van der Waals surface area contributed by atoms with Crippen LogP contribution in [0.15, 0.2) is 278 Å². The van der Waals surface area contributed by atoms with Gasteiger partial charge in [-0.1, -0.05) is 127 Å². The van der Waals surface area contributed by atoms with Crippen LogP contribution in [0.5, 0.6) is 0 Å². The summed E-state index contributed by atoms with van der Waals surface area (Å²) in [6, 6.07) is 90.0. The molecule has 6 nitrogen and oxygen atoms in total. The van der Waals surface area contributed by atoms with Crippen LogP contribution in [0.4, 0.5) is 0 Å². The maximum atomic E-state index is 4.77. The molecule has 6 heteroatoms. The number of allylic oxidation sites excluding steroid dienone is 1. The summed E-state index contributed by atoms with van der Waals surface area (Å²) in [5.41, 5.74) is 24.1. The predicted molar refractivity (Wildman–Crippen MR) is 332 cm³/mol. The van der Waals surface area contributed by atoms with Crippen molar-refractivity contribution in [2.75, 3.05) is 0 Å². The summed E-state index contributed by atoms with van der Waals surface area (Å²) in [5.74, 6) is 0. The summed E-state index contributed by atoms with van der Waals surface area (Å²) in [5, 5.41) is 4.71. The number of aliphatic imine (C=N–C) groups is 1. The van der Waals surface area contributed by atoms with Crippen molar-refractivity contribution in [3.05, 3.63) is 279 Å². The lowest BCUT2D eigenvalue weighted by molar-refractivity contribution is 1.09. The Morgan fingerprint density at radius 1 is 0.263 bits per heavy atom. The van der Waals surface area contributed by atoms with E-state index >= 15 is 0 Å². The molecule has 0 bridgehead atoms. The van der Waals surface area contributed by atoms with Gasteiger partial charge in [-0.2, -0.15) is 0 Å². The lowest BCUT2D eigenvalue weighted by atomic mass is 9.97. The van der Waals surface area contributed by atoms with Gasteiger partial charge in [0.25, 0.3) is 0 Å². The van der Waals surface area contributed by atoms with Crippen LogP contribution in [0.3, 0.4) is 0 Å². The number of hydrogen-bond acceptors (Lipinski definition) is 4. The highest BCUT2D eigenvalue weighted by Gasteiger charge is 2.20. The molecular formula is C74H50N6. The second kappa shape index (κ2) is 19.8. The van der Waals surface area contributed by atoms with Gasteiger partial charge in [-0.25, -0.2) is 0 Å². The SMILES string of the molecule is C1=NC(c2cccc(-c3ccc4c(c3)c3cc(-c5cccc(-c6ccccn6)c5)ccc3n4-c3cccc(-n4c5ccc(-c6cccc(-c7ccccn7)c6)cc5c5cc(-c6cccc(-c7ccccn7)c6)ccc54)c3)c2)=CCC1. The first-order valence-electron chi connectivity index (χ1n) is 27.3. The molecule has 1 aliphatic rings. The molecule has 0 unspecified atom stereocenters. The number of aromatic nitrogens is 5. The fourth-order valence-corrected chi connectivity index (χ4v) is 11.8. The van der Waals surface area contributed by atoms with E-state index in [9.17, 15) is 0 Å². The lowest BCUT2D eigenvalue weighted by Crippen LogP contribution is -1.98. The van der Waals surface area contributed by atoms with Crippen molar-refractivity contribution in [1.82, 2.24) is 24.1 Å². The number of hydrogen-bond donors (Lipinski definition) is 0. The summed E-state index contributed by atoms with van der Waals surface area (Å²) < 4.78 is 4.88. The highest BCUT2D eigenvalue weighted by Crippen LogP contribution is 2.42. The second-order valence-corrected chi connectivity index (χ2v) is 20.6. The molecule has 15 rings (SSSR count). The van der Waals surface area contributed by atoms with Crippen molar-refractivity contribution in [3.8, 4) is 89.7 Å². The van der Waals surface area contributed by atoms with E-state index in [2.05, 4.69) is 242 Å². The van der Waals surface area contributed by atoms with E-state index in [1.54, 1.807) is 0 Å². The van der Waals surface area contributed by atoms with Crippen molar-refractivity contribution in [1.29, 1.82) is 0 Å². The quantitative estimate of drug-likeness (QED) is 0.137. The van der Waals surface area contributed by atoms with Crippen LogP contribution in [0.25, 0.3) is 139 Å². The molecule has 0 saturated heterocycles. The summed E-state index contributed by atoms with van der Waals surface area (Å²) in [6.45, 7) is 0. The summed E-state index contributed by atoms with van der Waals surface area (Å²) in [6.07, 6.45) is 11.8. The molecular weight excluding hydrogens is 973 g/mol. The Kier molecular flexibility index (Phi) is 11.6. The molecule has 1 aliphatic heterocycles. The van der Waals surface area contributed by atoms with Crippen molar-refractivity contribution in [2.24, 2.45) is 4.99 Å². The average molecular weight is 1020 g/mol. The van der Waals surface area contributed by atoms with Crippen LogP contribution in [-0.4, -0.2) is 30.3 Å². The minimum atomic E-state index is 0.952. The minimum absolute atomic E-state index is 0.952. The first-order valence-corrected chi connectivity index (χ1v) is 27.3. The van der Waals surface area contributed by atoms with Crippen LogP contribution >= 0.6 is 0 Å². The van der Waals surface area contributed by atoms with Crippen molar-refractivity contribution in [2.45, 2.75) is 12.8 Å². The number of nitrogens with zero attached hydrogens (tertiary/aromatic N) is 6. The van der Waals surface area contributed by atoms with Gasteiger partial charge in [-0.3, -0.25) is 19.9 Å². The first-order chi connectivity index (χ1) is 39.6. The third kappa shape index (κ3) is 8.47. The Balaban J connectivity index is 0.901. The summed E-state index contributed by atoms with van der Waals surface area (Å²) >= 11 is 0. The molecule has 0 saturated carbocycles. The zero-order chi connectivity index (χ0) is 52.9. The second-order valence-electron chi connectivity index (χ2n) is 20.6. The molecule has 0 radical (unpaired) electrons.